The highest BCUT2D eigenvalue weighted by Crippen LogP contribution is 2.27. The van der Waals surface area contributed by atoms with Gasteiger partial charge in [0.1, 0.15) is 5.82 Å². The SMILES string of the molecule is CCC(CC)c1cc(N[C@H]2CC[C@H](NCCOCCOCCOCCN)C2)n2nccc2n1.Cl. The molecule has 0 saturated heterocycles. The minimum absolute atomic E-state index is 0. The van der Waals surface area contributed by atoms with Gasteiger partial charge in [0.25, 0.3) is 0 Å². The van der Waals surface area contributed by atoms with Gasteiger partial charge in [-0.1, -0.05) is 13.8 Å². The van der Waals surface area contributed by atoms with Crippen molar-refractivity contribution in [3.05, 3.63) is 24.0 Å². The third-order valence-electron chi connectivity index (χ3n) is 6.25. The van der Waals surface area contributed by atoms with E-state index in [2.05, 4.69) is 35.6 Å². The first-order valence-electron chi connectivity index (χ1n) is 12.5. The number of halogens is 1. The van der Waals surface area contributed by atoms with Crippen LogP contribution in [0, 0.1) is 0 Å². The van der Waals surface area contributed by atoms with E-state index in [1.807, 2.05) is 16.8 Å². The molecule has 0 unspecified atom stereocenters. The largest absolute Gasteiger partial charge is 0.378 e. The van der Waals surface area contributed by atoms with Crippen molar-refractivity contribution in [3.8, 4) is 0 Å². The molecule has 0 bridgehead atoms. The van der Waals surface area contributed by atoms with Gasteiger partial charge in [-0.2, -0.15) is 9.61 Å². The molecule has 2 aromatic rings. The Labute approximate surface area is 209 Å². The average molecular weight is 499 g/mol. The Kier molecular flexibility index (Phi) is 13.7. The lowest BCUT2D eigenvalue weighted by molar-refractivity contribution is 0.0163. The molecular formula is C24H43ClN6O3. The second-order valence-electron chi connectivity index (χ2n) is 8.61. The van der Waals surface area contributed by atoms with Crippen molar-refractivity contribution in [3.63, 3.8) is 0 Å². The predicted octanol–water partition coefficient (Wildman–Crippen LogP) is 2.99. The number of nitrogens with zero attached hydrogens (tertiary/aromatic N) is 3. The number of fused-ring (bicyclic) bond motifs is 1. The van der Waals surface area contributed by atoms with Gasteiger partial charge in [0, 0.05) is 48.9 Å². The summed E-state index contributed by atoms with van der Waals surface area (Å²) in [5.74, 6) is 1.53. The first-order chi connectivity index (χ1) is 16.2. The van der Waals surface area contributed by atoms with E-state index in [4.69, 9.17) is 24.9 Å². The maximum atomic E-state index is 5.66. The van der Waals surface area contributed by atoms with Crippen LogP contribution in [-0.4, -0.2) is 79.4 Å². The molecule has 3 rings (SSSR count). The number of hydrogen-bond acceptors (Lipinski definition) is 8. The number of nitrogens with one attached hydrogen (secondary N) is 2. The minimum atomic E-state index is 0. The number of aromatic nitrogens is 3. The van der Waals surface area contributed by atoms with E-state index in [0.29, 0.717) is 64.2 Å². The molecule has 0 aromatic carbocycles. The number of nitrogens with two attached hydrogens (primary N) is 1. The summed E-state index contributed by atoms with van der Waals surface area (Å²) in [6.45, 7) is 9.50. The highest BCUT2D eigenvalue weighted by molar-refractivity contribution is 5.85. The van der Waals surface area contributed by atoms with Crippen molar-refractivity contribution >= 4 is 23.9 Å². The van der Waals surface area contributed by atoms with Crippen LogP contribution in [0.1, 0.15) is 57.6 Å². The van der Waals surface area contributed by atoms with E-state index in [1.54, 1.807) is 0 Å². The number of anilines is 1. The van der Waals surface area contributed by atoms with Crippen LogP contribution in [-0.2, 0) is 14.2 Å². The number of rotatable bonds is 17. The third kappa shape index (κ3) is 8.94. The van der Waals surface area contributed by atoms with E-state index in [-0.39, 0.29) is 12.4 Å². The molecule has 2 atom stereocenters. The summed E-state index contributed by atoms with van der Waals surface area (Å²) in [4.78, 5) is 4.84. The topological polar surface area (TPSA) is 108 Å². The van der Waals surface area contributed by atoms with Crippen LogP contribution in [0.5, 0.6) is 0 Å². The Bertz CT molecular complexity index is 804. The van der Waals surface area contributed by atoms with Gasteiger partial charge in [-0.25, -0.2) is 4.98 Å². The summed E-state index contributed by atoms with van der Waals surface area (Å²) in [5, 5.41) is 11.9. The lowest BCUT2D eigenvalue weighted by Gasteiger charge is -2.19. The Hall–Kier alpha value is -1.49. The molecule has 0 radical (unpaired) electrons. The van der Waals surface area contributed by atoms with E-state index in [1.165, 1.54) is 0 Å². The quantitative estimate of drug-likeness (QED) is 0.286. The lowest BCUT2D eigenvalue weighted by Crippen LogP contribution is -2.31. The Morgan fingerprint density at radius 1 is 1.03 bits per heavy atom. The number of ether oxygens (including phenoxy) is 3. The molecule has 1 aliphatic rings. The summed E-state index contributed by atoms with van der Waals surface area (Å²) >= 11 is 0. The standard InChI is InChI=1S/C24H42N6O3.ClH/c1-3-19(4-2)22-18-24(30-23(29-22)7-9-27-30)28-21-6-5-20(17-21)26-10-12-32-14-16-33-15-13-31-11-8-25;/h7,9,18-21,26,28H,3-6,8,10-17,25H2,1-2H3;1H/t20-,21-;/m0./s1. The molecule has 34 heavy (non-hydrogen) atoms. The van der Waals surface area contributed by atoms with Crippen molar-refractivity contribution in [2.24, 2.45) is 5.73 Å². The van der Waals surface area contributed by atoms with Gasteiger partial charge in [0.15, 0.2) is 5.65 Å². The molecule has 10 heteroatoms. The van der Waals surface area contributed by atoms with Crippen molar-refractivity contribution < 1.29 is 14.2 Å². The zero-order valence-electron chi connectivity index (χ0n) is 20.7. The van der Waals surface area contributed by atoms with Gasteiger partial charge < -0.3 is 30.6 Å². The third-order valence-corrected chi connectivity index (χ3v) is 6.25. The van der Waals surface area contributed by atoms with Gasteiger partial charge >= 0.3 is 0 Å². The zero-order chi connectivity index (χ0) is 23.3. The van der Waals surface area contributed by atoms with Crippen LogP contribution in [0.4, 0.5) is 5.82 Å². The first kappa shape index (κ1) is 28.7. The average Bonchev–Trinajstić information content (AvgIpc) is 3.48. The van der Waals surface area contributed by atoms with Crippen LogP contribution < -0.4 is 16.4 Å². The first-order valence-corrected chi connectivity index (χ1v) is 12.5. The molecule has 1 aliphatic carbocycles. The number of hydrogen-bond donors (Lipinski definition) is 3. The fourth-order valence-corrected chi connectivity index (χ4v) is 4.42. The summed E-state index contributed by atoms with van der Waals surface area (Å²) in [6.07, 6.45) is 7.42. The van der Waals surface area contributed by atoms with Crippen molar-refractivity contribution in [2.45, 2.75) is 64.0 Å². The molecule has 9 nitrogen and oxygen atoms in total. The molecule has 0 spiro atoms. The van der Waals surface area contributed by atoms with Gasteiger partial charge in [-0.05, 0) is 32.1 Å². The molecule has 2 heterocycles. The maximum absolute atomic E-state index is 5.66. The molecule has 1 saturated carbocycles. The van der Waals surface area contributed by atoms with Gasteiger partial charge in [-0.15, -0.1) is 12.4 Å². The molecule has 1 fully saturated rings. The molecule has 0 aliphatic heterocycles. The van der Waals surface area contributed by atoms with Gasteiger partial charge in [0.05, 0.1) is 45.8 Å². The summed E-state index contributed by atoms with van der Waals surface area (Å²) in [7, 11) is 0. The molecule has 2 aromatic heterocycles. The maximum Gasteiger partial charge on any atom is 0.157 e. The molecule has 4 N–H and O–H groups in total. The van der Waals surface area contributed by atoms with Crippen LogP contribution in [0.25, 0.3) is 5.65 Å². The van der Waals surface area contributed by atoms with Crippen LogP contribution >= 0.6 is 12.4 Å². The van der Waals surface area contributed by atoms with Crippen molar-refractivity contribution in [1.29, 1.82) is 0 Å². The summed E-state index contributed by atoms with van der Waals surface area (Å²) in [5.41, 5.74) is 7.44. The Morgan fingerprint density at radius 3 is 2.41 bits per heavy atom. The fourth-order valence-electron chi connectivity index (χ4n) is 4.42. The van der Waals surface area contributed by atoms with Gasteiger partial charge in [0.2, 0.25) is 0 Å². The van der Waals surface area contributed by atoms with Gasteiger partial charge in [-0.3, -0.25) is 0 Å². The Balaban J connectivity index is 0.00000408. The second kappa shape index (κ2) is 16.2. The van der Waals surface area contributed by atoms with E-state index in [9.17, 15) is 0 Å². The fraction of sp³-hybridized carbons (Fsp3) is 0.750. The lowest BCUT2D eigenvalue weighted by atomic mass is 9.99. The molecule has 194 valence electrons. The molecule has 0 amide bonds. The predicted molar refractivity (Wildman–Crippen MR) is 138 cm³/mol. The Morgan fingerprint density at radius 2 is 1.71 bits per heavy atom. The highest BCUT2D eigenvalue weighted by Gasteiger charge is 2.25. The molecular weight excluding hydrogens is 456 g/mol. The normalized spacial score (nSPS) is 18.0. The zero-order valence-corrected chi connectivity index (χ0v) is 21.5. The monoisotopic (exact) mass is 498 g/mol. The van der Waals surface area contributed by atoms with E-state index < -0.39 is 0 Å². The summed E-state index contributed by atoms with van der Waals surface area (Å²) < 4.78 is 18.3. The summed E-state index contributed by atoms with van der Waals surface area (Å²) in [6, 6.07) is 5.12. The van der Waals surface area contributed by atoms with Crippen LogP contribution in [0.2, 0.25) is 0 Å². The van der Waals surface area contributed by atoms with Crippen molar-refractivity contribution in [1.82, 2.24) is 19.9 Å². The van der Waals surface area contributed by atoms with Crippen LogP contribution in [0.3, 0.4) is 0 Å². The van der Waals surface area contributed by atoms with E-state index >= 15 is 0 Å². The second-order valence-corrected chi connectivity index (χ2v) is 8.61. The minimum Gasteiger partial charge on any atom is -0.378 e. The van der Waals surface area contributed by atoms with Crippen LogP contribution in [0.15, 0.2) is 18.3 Å². The highest BCUT2D eigenvalue weighted by atomic mass is 35.5. The van der Waals surface area contributed by atoms with E-state index in [0.717, 1.165) is 55.8 Å². The van der Waals surface area contributed by atoms with Crippen molar-refractivity contribution in [2.75, 3.05) is 58.0 Å². The smallest absolute Gasteiger partial charge is 0.157 e.